The van der Waals surface area contributed by atoms with Crippen LogP contribution in [0.3, 0.4) is 0 Å². The lowest BCUT2D eigenvalue weighted by molar-refractivity contribution is -0.229. The number of hydrogen-bond acceptors (Lipinski definition) is 3. The summed E-state index contributed by atoms with van der Waals surface area (Å²) in [7, 11) is 0. The van der Waals surface area contributed by atoms with Gasteiger partial charge < -0.3 is 9.64 Å². The number of carbonyl (C=O) groups is 2. The Hall–Kier alpha value is -1.67. The van der Waals surface area contributed by atoms with Crippen molar-refractivity contribution in [2.45, 2.75) is 57.5 Å². The summed E-state index contributed by atoms with van der Waals surface area (Å²) in [6.45, 7) is 3.34. The van der Waals surface area contributed by atoms with Gasteiger partial charge in [-0.2, -0.15) is 17.6 Å². The fraction of sp³-hybridized carbons (Fsp3) is 0.733. The maximum Gasteiger partial charge on any atom is 0.415 e. The van der Waals surface area contributed by atoms with E-state index in [4.69, 9.17) is 0 Å². The van der Waals surface area contributed by atoms with Crippen molar-refractivity contribution in [3.63, 3.8) is 0 Å². The Morgan fingerprint density at radius 3 is 2.38 bits per heavy atom. The van der Waals surface area contributed by atoms with Crippen molar-refractivity contribution in [1.82, 2.24) is 4.90 Å². The molecule has 0 bridgehead atoms. The highest BCUT2D eigenvalue weighted by Crippen LogP contribution is 2.45. The van der Waals surface area contributed by atoms with Crippen LogP contribution in [0.2, 0.25) is 0 Å². The molecule has 9 heteroatoms. The standard InChI is InChI=1S/C15H20F5NO3/c1-3-21(4-2)13(23)24-11-9-7-5-6-8-10(22)12(16)15(19,20)14(11,17)18/h9,12H,3-8H2,1-2H3/b11-9-. The number of allylic oxidation sites excluding steroid dienone is 2. The Morgan fingerprint density at radius 2 is 1.83 bits per heavy atom. The molecule has 0 N–H and O–H groups in total. The van der Waals surface area contributed by atoms with Gasteiger partial charge in [0.05, 0.1) is 0 Å². The SMILES string of the molecule is CCN(CC)C(=O)O/C1=C\CCCCC(=O)C(F)C(F)(F)C1(F)F. The van der Waals surface area contributed by atoms with Gasteiger partial charge in [-0.15, -0.1) is 0 Å². The number of Topliss-reactive ketones (excluding diaryl/α,β-unsaturated/α-hetero) is 1. The number of amides is 1. The summed E-state index contributed by atoms with van der Waals surface area (Å²) in [5.74, 6) is -13.6. The lowest BCUT2D eigenvalue weighted by Gasteiger charge is -2.31. The van der Waals surface area contributed by atoms with Crippen molar-refractivity contribution in [1.29, 1.82) is 0 Å². The molecule has 0 aromatic heterocycles. The van der Waals surface area contributed by atoms with Crippen molar-refractivity contribution in [2.24, 2.45) is 0 Å². The molecular weight excluding hydrogens is 337 g/mol. The summed E-state index contributed by atoms with van der Waals surface area (Å²) in [6, 6.07) is 0. The van der Waals surface area contributed by atoms with Crippen LogP contribution in [-0.2, 0) is 9.53 Å². The van der Waals surface area contributed by atoms with Crippen LogP contribution in [0.1, 0.15) is 39.5 Å². The zero-order chi connectivity index (χ0) is 18.5. The highest BCUT2D eigenvalue weighted by molar-refractivity contribution is 5.84. The van der Waals surface area contributed by atoms with Crippen LogP contribution in [0.4, 0.5) is 26.7 Å². The second-order valence-corrected chi connectivity index (χ2v) is 5.38. The summed E-state index contributed by atoms with van der Waals surface area (Å²) >= 11 is 0. The fourth-order valence-corrected chi connectivity index (χ4v) is 2.20. The van der Waals surface area contributed by atoms with E-state index in [9.17, 15) is 31.5 Å². The number of nitrogens with zero attached hydrogens (tertiary/aromatic N) is 1. The summed E-state index contributed by atoms with van der Waals surface area (Å²) in [5, 5.41) is 0. The van der Waals surface area contributed by atoms with Crippen LogP contribution in [0, 0.1) is 0 Å². The van der Waals surface area contributed by atoms with Crippen LogP contribution in [0.15, 0.2) is 11.8 Å². The van der Waals surface area contributed by atoms with Crippen molar-refractivity contribution in [3.8, 4) is 0 Å². The topological polar surface area (TPSA) is 46.6 Å². The van der Waals surface area contributed by atoms with E-state index in [1.807, 2.05) is 0 Å². The third kappa shape index (κ3) is 4.05. The summed E-state index contributed by atoms with van der Waals surface area (Å²) in [4.78, 5) is 24.1. The van der Waals surface area contributed by atoms with Gasteiger partial charge in [0, 0.05) is 19.5 Å². The molecular formula is C15H20F5NO3. The Bertz CT molecular complexity index is 503. The van der Waals surface area contributed by atoms with E-state index in [0.717, 1.165) is 4.90 Å². The minimum atomic E-state index is -5.31. The maximum absolute atomic E-state index is 14.1. The Balaban J connectivity index is 3.20. The predicted molar refractivity (Wildman–Crippen MR) is 75.8 cm³/mol. The van der Waals surface area contributed by atoms with Crippen LogP contribution in [0.25, 0.3) is 0 Å². The highest BCUT2D eigenvalue weighted by atomic mass is 19.3. The molecule has 0 aliphatic heterocycles. The monoisotopic (exact) mass is 357 g/mol. The minimum absolute atomic E-state index is 0.0781. The summed E-state index contributed by atoms with van der Waals surface area (Å²) < 4.78 is 74.1. The van der Waals surface area contributed by atoms with Gasteiger partial charge in [-0.25, -0.2) is 9.18 Å². The largest absolute Gasteiger partial charge is 0.415 e. The van der Waals surface area contributed by atoms with Gasteiger partial charge in [-0.05, 0) is 39.2 Å². The van der Waals surface area contributed by atoms with Gasteiger partial charge in [-0.1, -0.05) is 0 Å². The molecule has 1 aliphatic carbocycles. The lowest BCUT2D eigenvalue weighted by Crippen LogP contribution is -2.53. The van der Waals surface area contributed by atoms with Crippen molar-refractivity contribution in [3.05, 3.63) is 11.8 Å². The summed E-state index contributed by atoms with van der Waals surface area (Å²) in [6.07, 6.45) is -4.60. The average molecular weight is 357 g/mol. The smallest absolute Gasteiger partial charge is 0.408 e. The van der Waals surface area contributed by atoms with Gasteiger partial charge in [0.25, 0.3) is 0 Å². The first-order valence-corrected chi connectivity index (χ1v) is 7.69. The van der Waals surface area contributed by atoms with Crippen molar-refractivity contribution >= 4 is 11.9 Å². The number of halogens is 5. The first-order valence-electron chi connectivity index (χ1n) is 7.69. The van der Waals surface area contributed by atoms with Gasteiger partial charge in [-0.3, -0.25) is 4.79 Å². The van der Waals surface area contributed by atoms with Crippen LogP contribution < -0.4 is 0 Å². The molecule has 0 fully saturated rings. The highest BCUT2D eigenvalue weighted by Gasteiger charge is 2.67. The van der Waals surface area contributed by atoms with E-state index in [0.29, 0.717) is 6.08 Å². The maximum atomic E-state index is 14.1. The van der Waals surface area contributed by atoms with E-state index >= 15 is 0 Å². The average Bonchev–Trinajstić information content (AvgIpc) is 2.52. The van der Waals surface area contributed by atoms with E-state index < -0.39 is 42.1 Å². The van der Waals surface area contributed by atoms with Crippen LogP contribution in [0.5, 0.6) is 0 Å². The van der Waals surface area contributed by atoms with E-state index in [1.54, 1.807) is 13.8 Å². The summed E-state index contributed by atoms with van der Waals surface area (Å²) in [5.41, 5.74) is 0. The normalized spacial score (nSPS) is 26.2. The van der Waals surface area contributed by atoms with Gasteiger partial charge >= 0.3 is 17.9 Å². The quantitative estimate of drug-likeness (QED) is 0.715. The Morgan fingerprint density at radius 1 is 1.25 bits per heavy atom. The van der Waals surface area contributed by atoms with Gasteiger partial charge in [0.15, 0.2) is 11.5 Å². The molecule has 0 saturated carbocycles. The zero-order valence-electron chi connectivity index (χ0n) is 13.5. The second kappa shape index (κ2) is 7.94. The van der Waals surface area contributed by atoms with Crippen molar-refractivity contribution in [2.75, 3.05) is 13.1 Å². The zero-order valence-corrected chi connectivity index (χ0v) is 13.5. The molecule has 0 heterocycles. The van der Waals surface area contributed by atoms with E-state index in [1.165, 1.54) is 0 Å². The third-order valence-electron chi connectivity index (χ3n) is 3.76. The molecule has 1 amide bonds. The first-order chi connectivity index (χ1) is 11.1. The number of rotatable bonds is 3. The molecule has 1 atom stereocenters. The molecule has 0 aromatic rings. The molecule has 1 aliphatic rings. The second-order valence-electron chi connectivity index (χ2n) is 5.38. The third-order valence-corrected chi connectivity index (χ3v) is 3.76. The van der Waals surface area contributed by atoms with Gasteiger partial charge in [0.1, 0.15) is 0 Å². The number of carbonyl (C=O) groups excluding carboxylic acids is 2. The molecule has 0 radical (unpaired) electrons. The molecule has 0 spiro atoms. The van der Waals surface area contributed by atoms with Gasteiger partial charge in [0.2, 0.25) is 6.17 Å². The molecule has 0 aromatic carbocycles. The number of alkyl halides is 5. The van der Waals surface area contributed by atoms with E-state index in [-0.39, 0.29) is 32.4 Å². The number of ketones is 1. The molecule has 4 nitrogen and oxygen atoms in total. The van der Waals surface area contributed by atoms with Crippen LogP contribution in [-0.4, -0.2) is 47.9 Å². The molecule has 24 heavy (non-hydrogen) atoms. The fourth-order valence-electron chi connectivity index (χ4n) is 2.20. The predicted octanol–water partition coefficient (Wildman–Crippen LogP) is 4.10. The van der Waals surface area contributed by atoms with Crippen LogP contribution >= 0.6 is 0 Å². The van der Waals surface area contributed by atoms with E-state index in [2.05, 4.69) is 4.74 Å². The molecule has 1 rings (SSSR count). The number of hydrogen-bond donors (Lipinski definition) is 0. The first kappa shape index (κ1) is 20.4. The molecule has 1 unspecified atom stereocenters. The Kier molecular flexibility index (Phi) is 6.74. The number of ether oxygens (including phenoxy) is 1. The Labute approximate surface area is 136 Å². The lowest BCUT2D eigenvalue weighted by atomic mass is 9.96. The molecule has 0 saturated heterocycles. The molecule has 138 valence electrons. The van der Waals surface area contributed by atoms with Crippen molar-refractivity contribution < 1.29 is 36.3 Å². The minimum Gasteiger partial charge on any atom is -0.408 e.